The van der Waals surface area contributed by atoms with Crippen molar-refractivity contribution in [2.24, 2.45) is 9.70 Å². The fraction of sp³-hybridized carbons (Fsp3) is 0. The van der Waals surface area contributed by atoms with Crippen LogP contribution in [0.3, 0.4) is 0 Å². The molecule has 0 heterocycles. The van der Waals surface area contributed by atoms with Crippen molar-refractivity contribution in [3.8, 4) is 0 Å². The molecule has 5 heavy (non-hydrogen) atoms. The number of rotatable bonds is 0. The number of hydrogen-bond donors (Lipinski definition) is 1. The Labute approximate surface area is 37.2 Å². The van der Waals surface area contributed by atoms with E-state index < -0.39 is 6.03 Å². The van der Waals surface area contributed by atoms with Gasteiger partial charge in [-0.25, -0.2) is 0 Å². The van der Waals surface area contributed by atoms with E-state index in [0.717, 1.165) is 0 Å². The van der Waals surface area contributed by atoms with Gasteiger partial charge in [-0.1, -0.05) is 0 Å². The minimum absolute atomic E-state index is 0.731. The zero-order valence-electron chi connectivity index (χ0n) is 2.29. The van der Waals surface area contributed by atoms with Crippen molar-refractivity contribution in [2.45, 2.75) is 0 Å². The summed E-state index contributed by atoms with van der Waals surface area (Å²) in [6.07, 6.45) is 0. The summed E-state index contributed by atoms with van der Waals surface area (Å²) < 4.78 is 2.78. The predicted octanol–water partition coefficient (Wildman–Crippen LogP) is -0.204. The first-order chi connectivity index (χ1) is 2.27. The molecule has 2 N–H and O–H groups in total. The van der Waals surface area contributed by atoms with Gasteiger partial charge in [-0.15, -0.1) is 0 Å². The van der Waals surface area contributed by atoms with Crippen molar-refractivity contribution in [1.29, 1.82) is 0 Å². The summed E-state index contributed by atoms with van der Waals surface area (Å²) in [6, 6.07) is -0.731. The summed E-state index contributed by atoms with van der Waals surface area (Å²) in [5, 5.41) is 0. The van der Waals surface area contributed by atoms with Crippen LogP contribution in [-0.4, -0.2) is 6.03 Å². The molecule has 0 rings (SSSR count). The first-order valence-electron chi connectivity index (χ1n) is 0.875. The van der Waals surface area contributed by atoms with Crippen LogP contribution in [0.4, 0.5) is 4.79 Å². The fourth-order valence-corrected chi connectivity index (χ4v) is 0. The third-order valence-electron chi connectivity index (χ3n) is 0.0779. The van der Waals surface area contributed by atoms with Crippen LogP contribution < -0.4 is 5.73 Å². The molecule has 29 valence electrons. The second-order valence-corrected chi connectivity index (χ2v) is 0.664. The van der Waals surface area contributed by atoms with Crippen LogP contribution in [-0.2, 0) is 15.8 Å². The second kappa shape index (κ2) is 2.05. The molecule has 2 amide bonds. The van der Waals surface area contributed by atoms with Crippen LogP contribution in [0.15, 0.2) is 3.96 Å². The van der Waals surface area contributed by atoms with Gasteiger partial charge in [-0.05, 0) is 0 Å². The number of nitrogens with zero attached hydrogens (tertiary/aromatic N) is 1. The maximum atomic E-state index is 9.36. The molecule has 0 aliphatic heterocycles. The van der Waals surface area contributed by atoms with E-state index in [9.17, 15) is 4.79 Å². The topological polar surface area (TPSA) is 55.5 Å². The van der Waals surface area contributed by atoms with Gasteiger partial charge < -0.3 is 0 Å². The minimum atomic E-state index is -0.731. The van der Waals surface area contributed by atoms with Crippen LogP contribution in [0.2, 0.25) is 0 Å². The first-order valence-corrected chi connectivity index (χ1v) is 1.37. The monoisotopic (exact) mass is 114 g/mol. The zero-order chi connectivity index (χ0) is 4.28. The van der Waals surface area contributed by atoms with Crippen LogP contribution in [0.25, 0.3) is 0 Å². The molecule has 0 radical (unpaired) electrons. The fourth-order valence-electron chi connectivity index (χ4n) is 0. The van der Waals surface area contributed by atoms with E-state index in [1.165, 1.54) is 0 Å². The van der Waals surface area contributed by atoms with Gasteiger partial charge in [0.1, 0.15) is 0 Å². The number of hydrogen-bond acceptors (Lipinski definition) is 1. The van der Waals surface area contributed by atoms with Gasteiger partial charge in [0.25, 0.3) is 0 Å². The molecule has 0 aliphatic carbocycles. The molecule has 3 nitrogen and oxygen atoms in total. The van der Waals surface area contributed by atoms with Crippen molar-refractivity contribution in [3.05, 3.63) is 0 Å². The second-order valence-electron chi connectivity index (χ2n) is 0.417. The van der Waals surface area contributed by atoms with Gasteiger partial charge in [0.15, 0.2) is 0 Å². The molecule has 0 saturated carbocycles. The standard InChI is InChI=1S/CH2N2O.Fe/c2-1(3)4;/h(H2,2,4);/q;+1. The molecule has 0 aromatic heterocycles. The van der Waals surface area contributed by atoms with Crippen LogP contribution in [0, 0.1) is 0 Å². The predicted molar refractivity (Wildman–Crippen MR) is 12.0 cm³/mol. The van der Waals surface area contributed by atoms with Crippen LogP contribution >= 0.6 is 0 Å². The molecule has 0 saturated heterocycles. The Balaban J connectivity index is 3.20. The first kappa shape index (κ1) is 4.79. The molecule has 0 bridgehead atoms. The van der Waals surface area contributed by atoms with E-state index >= 15 is 0 Å². The summed E-state index contributed by atoms with van der Waals surface area (Å²) >= 11 is 2.84. The van der Waals surface area contributed by atoms with Crippen molar-refractivity contribution >= 4 is 6.03 Å². The Bertz CT molecular complexity index is 60.7. The maximum absolute atomic E-state index is 9.36. The van der Waals surface area contributed by atoms with E-state index in [-0.39, 0.29) is 0 Å². The molecule has 0 aromatic carbocycles. The summed E-state index contributed by atoms with van der Waals surface area (Å²) in [4.78, 5) is 9.36. The third kappa shape index (κ3) is 3.79. The number of carbonyl (C=O) groups is 1. The molecule has 0 spiro atoms. The summed E-state index contributed by atoms with van der Waals surface area (Å²) in [5.74, 6) is 0. The Morgan fingerprint density at radius 2 is 2.20 bits per heavy atom. The molecule has 0 aliphatic rings. The van der Waals surface area contributed by atoms with E-state index in [2.05, 4.69) is 25.5 Å². The number of urea groups is 1. The van der Waals surface area contributed by atoms with Crippen LogP contribution in [0.5, 0.6) is 0 Å². The summed E-state index contributed by atoms with van der Waals surface area (Å²) in [7, 11) is 0. The molecule has 0 aromatic rings. The average Bonchev–Trinajstić information content (AvgIpc) is 1.38. The van der Waals surface area contributed by atoms with Crippen molar-refractivity contribution in [2.75, 3.05) is 0 Å². The quantitative estimate of drug-likeness (QED) is 0.435. The SMILES string of the molecule is NC(=O)[N]=[Fe+]. The van der Waals surface area contributed by atoms with Gasteiger partial charge in [0.2, 0.25) is 0 Å². The molecule has 0 fully saturated rings. The normalized spacial score (nSPS) is 6.40. The Hall–Kier alpha value is -0.211. The van der Waals surface area contributed by atoms with E-state index in [1.54, 1.807) is 0 Å². The molecule has 4 heteroatoms. The number of carbonyl (C=O) groups excluding carboxylic acids is 1. The number of amides is 2. The number of primary amides is 1. The Morgan fingerprint density at radius 3 is 2.20 bits per heavy atom. The third-order valence-corrected chi connectivity index (χ3v) is 0.321. The van der Waals surface area contributed by atoms with E-state index in [0.29, 0.717) is 0 Å². The number of nitrogens with two attached hydrogens (primary N) is 1. The van der Waals surface area contributed by atoms with Crippen LogP contribution in [0.1, 0.15) is 0 Å². The summed E-state index contributed by atoms with van der Waals surface area (Å²) in [5.41, 5.74) is 4.42. The van der Waals surface area contributed by atoms with Crippen molar-refractivity contribution in [3.63, 3.8) is 0 Å². The molecular formula is CH2FeN2O+. The van der Waals surface area contributed by atoms with Gasteiger partial charge >= 0.3 is 36.3 Å². The van der Waals surface area contributed by atoms with Crippen molar-refractivity contribution in [1.82, 2.24) is 0 Å². The average molecular weight is 114 g/mol. The van der Waals surface area contributed by atoms with E-state index in [4.69, 9.17) is 0 Å². The van der Waals surface area contributed by atoms with Gasteiger partial charge in [-0.2, -0.15) is 0 Å². The van der Waals surface area contributed by atoms with Gasteiger partial charge in [0.05, 0.1) is 0 Å². The van der Waals surface area contributed by atoms with Gasteiger partial charge in [0, 0.05) is 0 Å². The Kier molecular flexibility index (Phi) is 1.97. The Morgan fingerprint density at radius 1 is 2.00 bits per heavy atom. The van der Waals surface area contributed by atoms with Crippen molar-refractivity contribution < 1.29 is 20.6 Å². The summed E-state index contributed by atoms with van der Waals surface area (Å²) in [6.45, 7) is 0. The zero-order valence-corrected chi connectivity index (χ0v) is 3.39. The molecule has 0 unspecified atom stereocenters. The molecular weight excluding hydrogens is 112 g/mol. The molecule has 0 atom stereocenters. The van der Waals surface area contributed by atoms with E-state index in [1.807, 2.05) is 0 Å². The van der Waals surface area contributed by atoms with Gasteiger partial charge in [-0.3, -0.25) is 0 Å².